The van der Waals surface area contributed by atoms with Crippen LogP contribution < -0.4 is 16.6 Å². The summed E-state index contributed by atoms with van der Waals surface area (Å²) in [6.07, 6.45) is 1.04. The number of aliphatic carboxylic acids is 2. The van der Waals surface area contributed by atoms with Gasteiger partial charge in [0.15, 0.2) is 6.04 Å². The van der Waals surface area contributed by atoms with E-state index in [-0.39, 0.29) is 0 Å². The Morgan fingerprint density at radius 3 is 2.12 bits per heavy atom. The molecule has 0 bridgehead atoms. The number of quaternary nitrogens is 1. The van der Waals surface area contributed by atoms with Gasteiger partial charge in [0.2, 0.25) is 0 Å². The Balaban J connectivity index is 0. The molecule has 7 nitrogen and oxygen atoms in total. The monoisotopic (exact) mass is 236 g/mol. The highest BCUT2D eigenvalue weighted by atomic mass is 16.4. The molecule has 16 heavy (non-hydrogen) atoms. The van der Waals surface area contributed by atoms with Crippen LogP contribution in [0.15, 0.2) is 0 Å². The summed E-state index contributed by atoms with van der Waals surface area (Å²) in [5, 5.41) is 25.7. The lowest BCUT2D eigenvalue weighted by molar-refractivity contribution is -0.409. The van der Waals surface area contributed by atoms with Crippen LogP contribution in [0.4, 0.5) is 0 Å². The molecule has 0 saturated carbocycles. The van der Waals surface area contributed by atoms with E-state index in [4.69, 9.17) is 15.9 Å². The fourth-order valence-electron chi connectivity index (χ4n) is 0.659. The third-order valence-corrected chi connectivity index (χ3v) is 1.70. The molecule has 0 rings (SSSR count). The maximum Gasteiger partial charge on any atom is 0.362 e. The first-order valence-electron chi connectivity index (χ1n) is 4.97. The van der Waals surface area contributed by atoms with Crippen molar-refractivity contribution in [2.75, 3.05) is 6.54 Å². The maximum absolute atomic E-state index is 10.2. The molecule has 0 heterocycles. The van der Waals surface area contributed by atoms with Crippen LogP contribution in [0.5, 0.6) is 0 Å². The topological polar surface area (TPSA) is 151 Å². The minimum atomic E-state index is -1.44. The Labute approximate surface area is 94.1 Å². The molecule has 0 spiro atoms. The fourth-order valence-corrected chi connectivity index (χ4v) is 0.659. The van der Waals surface area contributed by atoms with Crippen molar-refractivity contribution in [3.05, 3.63) is 0 Å². The van der Waals surface area contributed by atoms with Crippen LogP contribution in [0.1, 0.15) is 26.2 Å². The third-order valence-electron chi connectivity index (χ3n) is 1.70. The number of hydrogen-bond acceptors (Lipinski definition) is 5. The summed E-state index contributed by atoms with van der Waals surface area (Å²) in [4.78, 5) is 19.5. The smallest absolute Gasteiger partial charge is 0.362 e. The van der Waals surface area contributed by atoms with E-state index < -0.39 is 24.1 Å². The van der Waals surface area contributed by atoms with E-state index in [1.807, 2.05) is 0 Å². The number of carbonyl (C=O) groups excluding carboxylic acids is 1. The van der Waals surface area contributed by atoms with Crippen LogP contribution in [0, 0.1) is 0 Å². The van der Waals surface area contributed by atoms with Crippen LogP contribution in [-0.2, 0) is 9.59 Å². The molecule has 7 N–H and O–H groups in total. The zero-order chi connectivity index (χ0) is 13.1. The molecule has 0 aliphatic carbocycles. The SMILES string of the molecule is CC(O)C(=O)[O-].NCCCC[C@H]([NH3+])C(=O)O. The second-order valence-corrected chi connectivity index (χ2v) is 3.31. The summed E-state index contributed by atoms with van der Waals surface area (Å²) in [6, 6.07) is -0.466. The van der Waals surface area contributed by atoms with Gasteiger partial charge in [-0.05, 0) is 26.3 Å². The average Bonchev–Trinajstić information content (AvgIpc) is 2.18. The van der Waals surface area contributed by atoms with Gasteiger partial charge in [0.1, 0.15) is 0 Å². The van der Waals surface area contributed by atoms with Crippen molar-refractivity contribution in [1.29, 1.82) is 0 Å². The highest BCUT2D eigenvalue weighted by Crippen LogP contribution is 1.95. The molecule has 7 heteroatoms. The minimum Gasteiger partial charge on any atom is -0.547 e. The highest BCUT2D eigenvalue weighted by Gasteiger charge is 2.13. The van der Waals surface area contributed by atoms with E-state index in [0.29, 0.717) is 13.0 Å². The van der Waals surface area contributed by atoms with Gasteiger partial charge in [-0.1, -0.05) is 0 Å². The van der Waals surface area contributed by atoms with Crippen molar-refractivity contribution in [1.82, 2.24) is 0 Å². The zero-order valence-corrected chi connectivity index (χ0v) is 9.39. The summed E-state index contributed by atoms with van der Waals surface area (Å²) >= 11 is 0. The number of carbonyl (C=O) groups is 2. The lowest BCUT2D eigenvalue weighted by Crippen LogP contribution is -2.64. The first kappa shape index (κ1) is 17.2. The molecular weight excluding hydrogens is 216 g/mol. The molecule has 0 aliphatic rings. The van der Waals surface area contributed by atoms with E-state index in [1.165, 1.54) is 0 Å². The molecule has 0 amide bonds. The second-order valence-electron chi connectivity index (χ2n) is 3.31. The van der Waals surface area contributed by atoms with Crippen LogP contribution in [0.3, 0.4) is 0 Å². The van der Waals surface area contributed by atoms with Gasteiger partial charge in [-0.25, -0.2) is 4.79 Å². The van der Waals surface area contributed by atoms with E-state index in [0.717, 1.165) is 19.8 Å². The lowest BCUT2D eigenvalue weighted by atomic mass is 10.1. The Morgan fingerprint density at radius 1 is 1.44 bits per heavy atom. The van der Waals surface area contributed by atoms with Gasteiger partial charge in [-0.2, -0.15) is 0 Å². The molecule has 96 valence electrons. The Hall–Kier alpha value is -1.18. The van der Waals surface area contributed by atoms with Gasteiger partial charge < -0.3 is 31.6 Å². The van der Waals surface area contributed by atoms with Gasteiger partial charge in [0, 0.05) is 6.42 Å². The number of aliphatic hydroxyl groups excluding tert-OH is 1. The summed E-state index contributed by atoms with van der Waals surface area (Å²) in [7, 11) is 0. The van der Waals surface area contributed by atoms with E-state index in [2.05, 4.69) is 5.73 Å². The normalized spacial score (nSPS) is 13.2. The molecule has 0 aromatic carbocycles. The number of nitrogens with two attached hydrogens (primary N) is 1. The zero-order valence-electron chi connectivity index (χ0n) is 9.39. The standard InChI is InChI=1S/C6H14N2O2.C3H6O3/c7-4-2-1-3-5(8)6(9)10;1-2(4)3(5)6/h5H,1-4,7-8H2,(H,9,10);2,4H,1H3,(H,5,6)/t5-;/m0./s1. The molecule has 0 radical (unpaired) electrons. The Bertz CT molecular complexity index is 208. The van der Waals surface area contributed by atoms with Crippen molar-refractivity contribution in [2.45, 2.75) is 38.3 Å². The van der Waals surface area contributed by atoms with Gasteiger partial charge in [0.05, 0.1) is 12.1 Å². The van der Waals surface area contributed by atoms with Crippen molar-refractivity contribution in [2.24, 2.45) is 5.73 Å². The molecule has 2 atom stereocenters. The van der Waals surface area contributed by atoms with Crippen molar-refractivity contribution < 1.29 is 30.6 Å². The van der Waals surface area contributed by atoms with Gasteiger partial charge >= 0.3 is 5.97 Å². The quantitative estimate of drug-likeness (QED) is 0.359. The number of carboxylic acid groups (broad SMARTS) is 2. The van der Waals surface area contributed by atoms with E-state index in [1.54, 1.807) is 0 Å². The number of hydrogen-bond donors (Lipinski definition) is 4. The third kappa shape index (κ3) is 12.8. The summed E-state index contributed by atoms with van der Waals surface area (Å²) < 4.78 is 0. The fraction of sp³-hybridized carbons (Fsp3) is 0.778. The predicted molar refractivity (Wildman–Crippen MR) is 53.9 cm³/mol. The average molecular weight is 236 g/mol. The molecule has 1 unspecified atom stereocenters. The Morgan fingerprint density at radius 2 is 1.88 bits per heavy atom. The van der Waals surface area contributed by atoms with Crippen molar-refractivity contribution in [3.8, 4) is 0 Å². The summed E-state index contributed by atoms with van der Waals surface area (Å²) in [6.45, 7) is 1.77. The molecule has 0 fully saturated rings. The predicted octanol–water partition coefficient (Wildman–Crippen LogP) is -3.07. The van der Waals surface area contributed by atoms with Crippen LogP contribution >= 0.6 is 0 Å². The number of unbranched alkanes of at least 4 members (excludes halogenated alkanes) is 1. The van der Waals surface area contributed by atoms with Gasteiger partial charge in [-0.15, -0.1) is 0 Å². The molecule has 0 aliphatic heterocycles. The van der Waals surface area contributed by atoms with E-state index >= 15 is 0 Å². The largest absolute Gasteiger partial charge is 0.547 e. The van der Waals surface area contributed by atoms with Gasteiger partial charge in [-0.3, -0.25) is 0 Å². The molecule has 0 saturated heterocycles. The van der Waals surface area contributed by atoms with Gasteiger partial charge in [0.25, 0.3) is 0 Å². The maximum atomic E-state index is 10.2. The van der Waals surface area contributed by atoms with Crippen molar-refractivity contribution >= 4 is 11.9 Å². The number of carboxylic acids is 2. The highest BCUT2D eigenvalue weighted by molar-refractivity contribution is 5.71. The second kappa shape index (κ2) is 10.3. The molecule has 0 aromatic rings. The van der Waals surface area contributed by atoms with Crippen LogP contribution in [-0.4, -0.2) is 40.8 Å². The molecule has 0 aromatic heterocycles. The number of aliphatic hydroxyl groups is 1. The first-order chi connectivity index (χ1) is 7.32. The summed E-state index contributed by atoms with van der Waals surface area (Å²) in [5.74, 6) is -2.26. The number of rotatable bonds is 6. The van der Waals surface area contributed by atoms with E-state index in [9.17, 15) is 14.7 Å². The van der Waals surface area contributed by atoms with Crippen LogP contribution in [0.2, 0.25) is 0 Å². The van der Waals surface area contributed by atoms with Crippen molar-refractivity contribution in [3.63, 3.8) is 0 Å². The minimum absolute atomic E-state index is 0.466. The first-order valence-corrected chi connectivity index (χ1v) is 4.97. The van der Waals surface area contributed by atoms with Crippen LogP contribution in [0.25, 0.3) is 0 Å². The molecular formula is C9H20N2O5. The Kier molecular flexibility index (Phi) is 11.1. The lowest BCUT2D eigenvalue weighted by Gasteiger charge is -2.00. The summed E-state index contributed by atoms with van der Waals surface area (Å²) in [5.41, 5.74) is 8.69.